The molecule has 3 rings (SSSR count). The van der Waals surface area contributed by atoms with Gasteiger partial charge in [0.2, 0.25) is 5.95 Å². The van der Waals surface area contributed by atoms with Gasteiger partial charge in [-0.05, 0) is 30.5 Å². The van der Waals surface area contributed by atoms with Crippen molar-refractivity contribution in [3.05, 3.63) is 41.7 Å². The van der Waals surface area contributed by atoms with Crippen LogP contribution in [0.15, 0.2) is 30.6 Å². The summed E-state index contributed by atoms with van der Waals surface area (Å²) in [6, 6.07) is 6.18. The quantitative estimate of drug-likeness (QED) is 0.820. The fraction of sp³-hybridized carbons (Fsp3) is 0.357. The van der Waals surface area contributed by atoms with Gasteiger partial charge in [-0.25, -0.2) is 4.98 Å². The van der Waals surface area contributed by atoms with E-state index < -0.39 is 0 Å². The first kappa shape index (κ1) is 11.1. The van der Waals surface area contributed by atoms with Crippen molar-refractivity contribution < 1.29 is 0 Å². The lowest BCUT2D eigenvalue weighted by molar-refractivity contribution is 0.662. The van der Waals surface area contributed by atoms with Crippen molar-refractivity contribution in [2.24, 2.45) is 0 Å². The van der Waals surface area contributed by atoms with Gasteiger partial charge in [0.15, 0.2) is 0 Å². The van der Waals surface area contributed by atoms with Gasteiger partial charge in [0.05, 0.1) is 0 Å². The fourth-order valence-corrected chi connectivity index (χ4v) is 2.64. The van der Waals surface area contributed by atoms with Crippen LogP contribution in [0.4, 0.5) is 11.6 Å². The molecule has 2 aromatic rings. The van der Waals surface area contributed by atoms with Gasteiger partial charge < -0.3 is 15.2 Å². The molecule has 0 amide bonds. The van der Waals surface area contributed by atoms with Crippen molar-refractivity contribution >= 4 is 11.6 Å². The minimum Gasteiger partial charge on any atom is -0.398 e. The zero-order valence-corrected chi connectivity index (χ0v) is 10.6. The van der Waals surface area contributed by atoms with Gasteiger partial charge >= 0.3 is 0 Å². The molecule has 0 saturated carbocycles. The summed E-state index contributed by atoms with van der Waals surface area (Å²) in [4.78, 5) is 6.79. The Morgan fingerprint density at radius 2 is 2.28 bits per heavy atom. The minimum atomic E-state index is 0.900. The van der Waals surface area contributed by atoms with Crippen molar-refractivity contribution in [3.63, 3.8) is 0 Å². The predicted octanol–water partition coefficient (Wildman–Crippen LogP) is 2.05. The number of benzene rings is 1. The predicted molar refractivity (Wildman–Crippen MR) is 73.5 cm³/mol. The van der Waals surface area contributed by atoms with E-state index in [1.165, 1.54) is 11.1 Å². The van der Waals surface area contributed by atoms with Crippen molar-refractivity contribution in [1.29, 1.82) is 0 Å². The molecule has 1 aliphatic rings. The van der Waals surface area contributed by atoms with Gasteiger partial charge in [0.25, 0.3) is 0 Å². The lowest BCUT2D eigenvalue weighted by Crippen LogP contribution is -2.32. The van der Waals surface area contributed by atoms with Crippen LogP contribution in [-0.2, 0) is 19.5 Å². The Bertz CT molecular complexity index is 559. The summed E-state index contributed by atoms with van der Waals surface area (Å²) in [5.41, 5.74) is 9.58. The van der Waals surface area contributed by atoms with Gasteiger partial charge in [-0.2, -0.15) is 0 Å². The van der Waals surface area contributed by atoms with Crippen LogP contribution in [0.5, 0.6) is 0 Å². The summed E-state index contributed by atoms with van der Waals surface area (Å²) in [6.45, 7) is 4.98. The topological polar surface area (TPSA) is 47.1 Å². The highest BCUT2D eigenvalue weighted by Gasteiger charge is 2.20. The number of rotatable bonds is 2. The van der Waals surface area contributed by atoms with Crippen LogP contribution in [-0.4, -0.2) is 16.1 Å². The highest BCUT2D eigenvalue weighted by molar-refractivity contribution is 5.54. The Hall–Kier alpha value is -1.97. The highest BCUT2D eigenvalue weighted by Crippen LogP contribution is 2.26. The molecular formula is C14H18N4. The average molecular weight is 242 g/mol. The Kier molecular flexibility index (Phi) is 2.70. The second kappa shape index (κ2) is 4.37. The number of nitrogens with zero attached hydrogens (tertiary/aromatic N) is 3. The summed E-state index contributed by atoms with van der Waals surface area (Å²) >= 11 is 0. The van der Waals surface area contributed by atoms with E-state index in [4.69, 9.17) is 5.73 Å². The van der Waals surface area contributed by atoms with Crippen LogP contribution in [0, 0.1) is 0 Å². The first-order valence-corrected chi connectivity index (χ1v) is 6.42. The lowest BCUT2D eigenvalue weighted by atomic mass is 9.98. The first-order chi connectivity index (χ1) is 8.79. The maximum absolute atomic E-state index is 6.02. The lowest BCUT2D eigenvalue weighted by Gasteiger charge is -2.30. The van der Waals surface area contributed by atoms with Crippen LogP contribution in [0.3, 0.4) is 0 Å². The zero-order valence-electron chi connectivity index (χ0n) is 10.6. The number of nitrogens with two attached hydrogens (primary N) is 1. The third kappa shape index (κ3) is 1.74. The minimum absolute atomic E-state index is 0.900. The third-order valence-electron chi connectivity index (χ3n) is 3.62. The van der Waals surface area contributed by atoms with Crippen LogP contribution < -0.4 is 10.6 Å². The fourth-order valence-electron chi connectivity index (χ4n) is 2.64. The molecule has 4 heteroatoms. The summed E-state index contributed by atoms with van der Waals surface area (Å²) in [7, 11) is 0. The van der Waals surface area contributed by atoms with E-state index in [-0.39, 0.29) is 0 Å². The molecule has 1 aromatic heterocycles. The van der Waals surface area contributed by atoms with Gasteiger partial charge in [-0.15, -0.1) is 0 Å². The molecule has 2 heterocycles. The Balaban J connectivity index is 1.91. The largest absolute Gasteiger partial charge is 0.398 e. The summed E-state index contributed by atoms with van der Waals surface area (Å²) in [5, 5.41) is 0. The number of fused-ring (bicyclic) bond motifs is 1. The van der Waals surface area contributed by atoms with E-state index in [0.717, 1.165) is 37.7 Å². The molecule has 0 fully saturated rings. The molecule has 0 aliphatic carbocycles. The molecule has 0 spiro atoms. The molecule has 2 N–H and O–H groups in total. The molecule has 4 nitrogen and oxygen atoms in total. The maximum Gasteiger partial charge on any atom is 0.205 e. The van der Waals surface area contributed by atoms with Gasteiger partial charge in [-0.3, -0.25) is 0 Å². The number of imidazole rings is 1. The Morgan fingerprint density at radius 3 is 3.11 bits per heavy atom. The molecule has 1 aromatic carbocycles. The SMILES string of the molecule is CCn1ccnc1N1CCc2c(N)cccc2C1. The van der Waals surface area contributed by atoms with Gasteiger partial charge in [-0.1, -0.05) is 12.1 Å². The van der Waals surface area contributed by atoms with E-state index in [0.29, 0.717) is 0 Å². The van der Waals surface area contributed by atoms with Crippen LogP contribution in [0.1, 0.15) is 18.1 Å². The second-order valence-corrected chi connectivity index (χ2v) is 4.67. The normalized spacial score (nSPS) is 14.6. The van der Waals surface area contributed by atoms with Gasteiger partial charge in [0.1, 0.15) is 0 Å². The molecular weight excluding hydrogens is 224 g/mol. The van der Waals surface area contributed by atoms with E-state index in [1.54, 1.807) is 0 Å². The van der Waals surface area contributed by atoms with E-state index in [2.05, 4.69) is 27.4 Å². The smallest absolute Gasteiger partial charge is 0.205 e. The molecule has 0 bridgehead atoms. The number of hydrogen-bond donors (Lipinski definition) is 1. The Morgan fingerprint density at radius 1 is 1.39 bits per heavy atom. The maximum atomic E-state index is 6.02. The molecule has 18 heavy (non-hydrogen) atoms. The first-order valence-electron chi connectivity index (χ1n) is 6.42. The summed E-state index contributed by atoms with van der Waals surface area (Å²) in [5.74, 6) is 1.06. The summed E-state index contributed by atoms with van der Waals surface area (Å²) in [6.07, 6.45) is 4.90. The number of aryl methyl sites for hydroxylation is 1. The number of aromatic nitrogens is 2. The van der Waals surface area contributed by atoms with Crippen molar-refractivity contribution in [2.75, 3.05) is 17.2 Å². The Labute approximate surface area is 107 Å². The van der Waals surface area contributed by atoms with Crippen LogP contribution >= 0.6 is 0 Å². The second-order valence-electron chi connectivity index (χ2n) is 4.67. The monoisotopic (exact) mass is 242 g/mol. The average Bonchev–Trinajstić information content (AvgIpc) is 2.87. The zero-order chi connectivity index (χ0) is 12.5. The van der Waals surface area contributed by atoms with Crippen molar-refractivity contribution in [2.45, 2.75) is 26.4 Å². The molecule has 0 unspecified atom stereocenters. The molecule has 94 valence electrons. The van der Waals surface area contributed by atoms with Crippen LogP contribution in [0.2, 0.25) is 0 Å². The van der Waals surface area contributed by atoms with E-state index >= 15 is 0 Å². The molecule has 0 saturated heterocycles. The van der Waals surface area contributed by atoms with E-state index in [9.17, 15) is 0 Å². The van der Waals surface area contributed by atoms with Gasteiger partial charge in [0, 0.05) is 37.7 Å². The number of hydrogen-bond acceptors (Lipinski definition) is 3. The van der Waals surface area contributed by atoms with Crippen molar-refractivity contribution in [3.8, 4) is 0 Å². The number of anilines is 2. The van der Waals surface area contributed by atoms with E-state index in [1.807, 2.05) is 24.5 Å². The highest BCUT2D eigenvalue weighted by atomic mass is 15.3. The van der Waals surface area contributed by atoms with Crippen molar-refractivity contribution in [1.82, 2.24) is 9.55 Å². The van der Waals surface area contributed by atoms with Crippen LogP contribution in [0.25, 0.3) is 0 Å². The molecule has 1 aliphatic heterocycles. The molecule has 0 atom stereocenters. The summed E-state index contributed by atoms with van der Waals surface area (Å²) < 4.78 is 2.18. The molecule has 0 radical (unpaired) electrons. The third-order valence-corrected chi connectivity index (χ3v) is 3.62. The standard InChI is InChI=1S/C14H18N4/c1-2-17-9-7-16-14(17)18-8-6-12-11(10-18)4-3-5-13(12)15/h3-5,7,9H,2,6,8,10,15H2,1H3. The number of nitrogen functional groups attached to an aromatic ring is 1.